The molecule has 0 radical (unpaired) electrons. The fourth-order valence-electron chi connectivity index (χ4n) is 2.19. The van der Waals surface area contributed by atoms with Crippen molar-refractivity contribution in [3.63, 3.8) is 0 Å². The monoisotopic (exact) mass is 234 g/mol. The van der Waals surface area contributed by atoms with Gasteiger partial charge in [0.05, 0.1) is 7.11 Å². The lowest BCUT2D eigenvalue weighted by molar-refractivity contribution is 0.170. The van der Waals surface area contributed by atoms with Crippen LogP contribution in [0, 0.1) is 0 Å². The van der Waals surface area contributed by atoms with Crippen LogP contribution in [0.2, 0.25) is 0 Å². The molecule has 0 bridgehead atoms. The molecular formula is C13H18N2O2. The van der Waals surface area contributed by atoms with Crippen LogP contribution in [-0.4, -0.2) is 26.8 Å². The van der Waals surface area contributed by atoms with Crippen LogP contribution in [0.4, 0.5) is 10.5 Å². The minimum Gasteiger partial charge on any atom is -0.453 e. The molecule has 0 spiro atoms. The van der Waals surface area contributed by atoms with Crippen LogP contribution in [0.15, 0.2) is 18.2 Å². The molecule has 0 aromatic heterocycles. The van der Waals surface area contributed by atoms with Gasteiger partial charge in [-0.15, -0.1) is 0 Å². The highest BCUT2D eigenvalue weighted by Crippen LogP contribution is 2.26. The average Bonchev–Trinajstić information content (AvgIpc) is 2.36. The number of carbonyl (C=O) groups is 1. The summed E-state index contributed by atoms with van der Waals surface area (Å²) in [6, 6.07) is 6.35. The number of anilines is 1. The zero-order valence-electron chi connectivity index (χ0n) is 10.3. The number of benzene rings is 1. The van der Waals surface area contributed by atoms with Crippen molar-refractivity contribution in [2.45, 2.75) is 19.4 Å². The molecule has 92 valence electrons. The first kappa shape index (κ1) is 11.8. The van der Waals surface area contributed by atoms with Gasteiger partial charge in [-0.3, -0.25) is 0 Å². The molecule has 1 aromatic carbocycles. The van der Waals surface area contributed by atoms with Crippen LogP contribution in [0.5, 0.6) is 0 Å². The molecule has 1 aliphatic rings. The Morgan fingerprint density at radius 3 is 3.12 bits per heavy atom. The Balaban J connectivity index is 2.08. The largest absolute Gasteiger partial charge is 0.453 e. The summed E-state index contributed by atoms with van der Waals surface area (Å²) in [5.41, 5.74) is 3.78. The van der Waals surface area contributed by atoms with Crippen molar-refractivity contribution in [1.82, 2.24) is 5.32 Å². The van der Waals surface area contributed by atoms with Gasteiger partial charge in [0.1, 0.15) is 0 Å². The molecule has 4 nitrogen and oxygen atoms in total. The number of methoxy groups -OCH3 is 1. The van der Waals surface area contributed by atoms with Crippen molar-refractivity contribution in [3.8, 4) is 0 Å². The molecule has 4 heteroatoms. The molecule has 0 fully saturated rings. The number of carbonyl (C=O) groups excluding carboxylic acids is 1. The molecule has 0 atom stereocenters. The van der Waals surface area contributed by atoms with Crippen LogP contribution < -0.4 is 10.2 Å². The first-order valence-corrected chi connectivity index (χ1v) is 5.85. The van der Waals surface area contributed by atoms with E-state index in [1.807, 2.05) is 0 Å². The lowest BCUT2D eigenvalue weighted by Gasteiger charge is -2.27. The first-order valence-electron chi connectivity index (χ1n) is 5.85. The second-order valence-electron chi connectivity index (χ2n) is 4.33. The van der Waals surface area contributed by atoms with Crippen molar-refractivity contribution >= 4 is 11.8 Å². The molecule has 1 aromatic rings. The standard InChI is InChI=1S/C13H18N2O2/c1-15-7-3-4-11-8-10(5-6-12(11)15)9-14-13(16)17-2/h5-6,8H,3-4,7,9H2,1-2H3,(H,14,16). The van der Waals surface area contributed by atoms with Gasteiger partial charge < -0.3 is 15.0 Å². The van der Waals surface area contributed by atoms with Crippen LogP contribution >= 0.6 is 0 Å². The van der Waals surface area contributed by atoms with Crippen molar-refractivity contribution in [3.05, 3.63) is 29.3 Å². The highest BCUT2D eigenvalue weighted by atomic mass is 16.5. The third-order valence-electron chi connectivity index (χ3n) is 3.12. The van der Waals surface area contributed by atoms with Gasteiger partial charge in [-0.1, -0.05) is 12.1 Å². The quantitative estimate of drug-likeness (QED) is 0.850. The molecule has 1 amide bonds. The Morgan fingerprint density at radius 2 is 2.35 bits per heavy atom. The van der Waals surface area contributed by atoms with Crippen molar-refractivity contribution in [1.29, 1.82) is 0 Å². The molecule has 0 aliphatic carbocycles. The summed E-state index contributed by atoms with van der Waals surface area (Å²) >= 11 is 0. The molecule has 0 unspecified atom stereocenters. The van der Waals surface area contributed by atoms with E-state index in [1.54, 1.807) is 0 Å². The first-order chi connectivity index (χ1) is 8.20. The van der Waals surface area contributed by atoms with Crippen molar-refractivity contribution in [2.75, 3.05) is 25.6 Å². The van der Waals surface area contributed by atoms with Crippen molar-refractivity contribution < 1.29 is 9.53 Å². The minimum absolute atomic E-state index is 0.389. The topological polar surface area (TPSA) is 41.6 Å². The third kappa shape index (κ3) is 2.70. The predicted octanol–water partition coefficient (Wildman–Crippen LogP) is 1.93. The number of amides is 1. The number of alkyl carbamates (subject to hydrolysis) is 1. The number of aryl methyl sites for hydroxylation is 1. The number of nitrogens with zero attached hydrogens (tertiary/aromatic N) is 1. The maximum Gasteiger partial charge on any atom is 0.407 e. The van der Waals surface area contributed by atoms with E-state index in [9.17, 15) is 4.79 Å². The van der Waals surface area contributed by atoms with E-state index in [2.05, 4.69) is 40.2 Å². The molecule has 17 heavy (non-hydrogen) atoms. The summed E-state index contributed by atoms with van der Waals surface area (Å²) in [5.74, 6) is 0. The van der Waals surface area contributed by atoms with Crippen LogP contribution in [0.25, 0.3) is 0 Å². The van der Waals surface area contributed by atoms with Crippen LogP contribution in [0.1, 0.15) is 17.5 Å². The van der Waals surface area contributed by atoms with Gasteiger partial charge in [0.15, 0.2) is 0 Å². The zero-order chi connectivity index (χ0) is 12.3. The second-order valence-corrected chi connectivity index (χ2v) is 4.33. The number of rotatable bonds is 2. The van der Waals surface area contributed by atoms with E-state index in [-0.39, 0.29) is 6.09 Å². The van der Waals surface area contributed by atoms with Gasteiger partial charge in [0, 0.05) is 25.8 Å². The Kier molecular flexibility index (Phi) is 3.52. The highest BCUT2D eigenvalue weighted by molar-refractivity contribution is 5.67. The Labute approximate surface area is 102 Å². The third-order valence-corrected chi connectivity index (χ3v) is 3.12. The molecular weight excluding hydrogens is 216 g/mol. The summed E-state index contributed by atoms with van der Waals surface area (Å²) in [6.45, 7) is 1.64. The van der Waals surface area contributed by atoms with Gasteiger partial charge in [-0.25, -0.2) is 4.79 Å². The summed E-state index contributed by atoms with van der Waals surface area (Å²) in [5, 5.41) is 2.69. The van der Waals surface area contributed by atoms with Gasteiger partial charge in [0.2, 0.25) is 0 Å². The fourth-order valence-corrected chi connectivity index (χ4v) is 2.19. The van der Waals surface area contributed by atoms with E-state index in [1.165, 1.54) is 24.8 Å². The maximum absolute atomic E-state index is 11.0. The molecule has 0 saturated carbocycles. The van der Waals surface area contributed by atoms with E-state index in [4.69, 9.17) is 0 Å². The smallest absolute Gasteiger partial charge is 0.407 e. The zero-order valence-corrected chi connectivity index (χ0v) is 10.3. The van der Waals surface area contributed by atoms with Gasteiger partial charge in [0.25, 0.3) is 0 Å². The molecule has 1 aliphatic heterocycles. The number of fused-ring (bicyclic) bond motifs is 1. The van der Waals surface area contributed by atoms with Crippen LogP contribution in [0.3, 0.4) is 0 Å². The Morgan fingerprint density at radius 1 is 1.53 bits per heavy atom. The lowest BCUT2D eigenvalue weighted by Crippen LogP contribution is -2.25. The van der Waals surface area contributed by atoms with E-state index >= 15 is 0 Å². The molecule has 1 N–H and O–H groups in total. The normalized spacial score (nSPS) is 14.1. The highest BCUT2D eigenvalue weighted by Gasteiger charge is 2.13. The maximum atomic E-state index is 11.0. The van der Waals surface area contributed by atoms with Gasteiger partial charge in [-0.2, -0.15) is 0 Å². The summed E-state index contributed by atoms with van der Waals surface area (Å²) < 4.78 is 4.54. The Hall–Kier alpha value is -1.71. The van der Waals surface area contributed by atoms with Gasteiger partial charge >= 0.3 is 6.09 Å². The molecule has 0 saturated heterocycles. The number of ether oxygens (including phenoxy) is 1. The number of hydrogen-bond acceptors (Lipinski definition) is 3. The second kappa shape index (κ2) is 5.08. The molecule has 1 heterocycles. The van der Waals surface area contributed by atoms with Crippen LogP contribution in [-0.2, 0) is 17.7 Å². The van der Waals surface area contributed by atoms with E-state index < -0.39 is 0 Å². The summed E-state index contributed by atoms with van der Waals surface area (Å²) in [6.07, 6.45) is 1.92. The number of nitrogens with one attached hydrogen (secondary N) is 1. The summed E-state index contributed by atoms with van der Waals surface area (Å²) in [7, 11) is 3.49. The van der Waals surface area contributed by atoms with E-state index in [0.717, 1.165) is 18.5 Å². The minimum atomic E-state index is -0.389. The molecule has 2 rings (SSSR count). The number of hydrogen-bond donors (Lipinski definition) is 1. The van der Waals surface area contributed by atoms with Crippen molar-refractivity contribution in [2.24, 2.45) is 0 Å². The summed E-state index contributed by atoms with van der Waals surface area (Å²) in [4.78, 5) is 13.3. The van der Waals surface area contributed by atoms with E-state index in [0.29, 0.717) is 6.54 Å². The predicted molar refractivity (Wildman–Crippen MR) is 67.3 cm³/mol. The lowest BCUT2D eigenvalue weighted by atomic mass is 10.00. The fraction of sp³-hybridized carbons (Fsp3) is 0.462. The van der Waals surface area contributed by atoms with Gasteiger partial charge in [-0.05, 0) is 30.0 Å². The average molecular weight is 234 g/mol. The Bertz CT molecular complexity index is 418. The SMILES string of the molecule is COC(=O)NCc1ccc2c(c1)CCCN2C.